The highest BCUT2D eigenvalue weighted by molar-refractivity contribution is 6.00. The lowest BCUT2D eigenvalue weighted by Crippen LogP contribution is -2.19. The zero-order chi connectivity index (χ0) is 22.0. The Morgan fingerprint density at radius 3 is 2.52 bits per heavy atom. The Morgan fingerprint density at radius 1 is 1.03 bits per heavy atom. The summed E-state index contributed by atoms with van der Waals surface area (Å²) in [4.78, 5) is 20.5. The fourth-order valence-corrected chi connectivity index (χ4v) is 2.95. The van der Waals surface area contributed by atoms with E-state index in [2.05, 4.69) is 27.1 Å². The van der Waals surface area contributed by atoms with Gasteiger partial charge in [-0.05, 0) is 24.3 Å². The van der Waals surface area contributed by atoms with Crippen molar-refractivity contribution in [1.82, 2.24) is 14.5 Å². The monoisotopic (exact) mass is 421 g/mol. The van der Waals surface area contributed by atoms with Crippen molar-refractivity contribution >= 4 is 28.6 Å². The summed E-state index contributed by atoms with van der Waals surface area (Å²) in [5.41, 5.74) is 6.31. The number of carbonyl (C=O) groups is 1. The zero-order valence-electron chi connectivity index (χ0n) is 15.8. The normalized spacial score (nSPS) is 11.1. The molecule has 0 fully saturated rings. The Morgan fingerprint density at radius 2 is 1.77 bits per heavy atom. The van der Waals surface area contributed by atoms with E-state index in [9.17, 15) is 18.0 Å². The SMILES string of the molecule is Nc1ncc(C#Cc2cn(C(=O)Nc3cccc(C(F)(F)F)c3)c3ccccc23)cn1. The van der Waals surface area contributed by atoms with Crippen LogP contribution in [0.5, 0.6) is 0 Å². The average molecular weight is 421 g/mol. The molecule has 0 saturated carbocycles. The first-order valence-electron chi connectivity index (χ1n) is 8.99. The molecule has 0 saturated heterocycles. The van der Waals surface area contributed by atoms with Gasteiger partial charge in [0.25, 0.3) is 0 Å². The summed E-state index contributed by atoms with van der Waals surface area (Å²) in [7, 11) is 0. The molecule has 6 nitrogen and oxygen atoms in total. The predicted octanol–water partition coefficient (Wildman–Crippen LogP) is 4.51. The quantitative estimate of drug-likeness (QED) is 0.443. The molecule has 0 spiro atoms. The van der Waals surface area contributed by atoms with Crippen molar-refractivity contribution < 1.29 is 18.0 Å². The van der Waals surface area contributed by atoms with Crippen LogP contribution in [0.3, 0.4) is 0 Å². The van der Waals surface area contributed by atoms with Gasteiger partial charge >= 0.3 is 12.2 Å². The number of rotatable bonds is 1. The Labute approximate surface area is 174 Å². The number of nitrogens with two attached hydrogens (primary N) is 1. The number of para-hydroxylation sites is 1. The summed E-state index contributed by atoms with van der Waals surface area (Å²) in [5, 5.41) is 3.21. The second-order valence-electron chi connectivity index (χ2n) is 6.52. The van der Waals surface area contributed by atoms with Crippen LogP contribution in [0.15, 0.2) is 67.1 Å². The smallest absolute Gasteiger partial charge is 0.368 e. The van der Waals surface area contributed by atoms with Crippen LogP contribution in [0.25, 0.3) is 10.9 Å². The summed E-state index contributed by atoms with van der Waals surface area (Å²) in [6, 6.07) is 10.9. The summed E-state index contributed by atoms with van der Waals surface area (Å²) in [5.74, 6) is 6.01. The zero-order valence-corrected chi connectivity index (χ0v) is 15.8. The molecule has 1 amide bonds. The van der Waals surface area contributed by atoms with E-state index in [-0.39, 0.29) is 11.6 Å². The molecule has 0 atom stereocenters. The number of amides is 1. The molecule has 3 N–H and O–H groups in total. The number of anilines is 2. The molecule has 31 heavy (non-hydrogen) atoms. The molecule has 0 radical (unpaired) electrons. The number of alkyl halides is 3. The first kappa shape index (κ1) is 20.0. The standard InChI is InChI=1S/C22H14F3N5O/c23-22(24,25)16-4-3-5-17(10-16)29-21(31)30-13-15(18-6-1-2-7-19(18)30)9-8-14-11-27-20(26)28-12-14/h1-7,10-13H,(H,29,31)(H2,26,27,28). The number of aromatic nitrogens is 3. The number of halogens is 3. The molecule has 4 aromatic rings. The van der Waals surface area contributed by atoms with E-state index in [4.69, 9.17) is 5.73 Å². The van der Waals surface area contributed by atoms with Crippen molar-refractivity contribution in [2.75, 3.05) is 11.1 Å². The molecular formula is C22H14F3N5O. The molecule has 154 valence electrons. The van der Waals surface area contributed by atoms with E-state index in [1.807, 2.05) is 0 Å². The second-order valence-corrected chi connectivity index (χ2v) is 6.52. The van der Waals surface area contributed by atoms with Crippen LogP contribution < -0.4 is 11.1 Å². The number of fused-ring (bicyclic) bond motifs is 1. The number of nitrogens with one attached hydrogen (secondary N) is 1. The topological polar surface area (TPSA) is 85.8 Å². The minimum Gasteiger partial charge on any atom is -0.368 e. The number of hydrogen-bond donors (Lipinski definition) is 2. The van der Waals surface area contributed by atoms with E-state index >= 15 is 0 Å². The second kappa shape index (κ2) is 7.84. The van der Waals surface area contributed by atoms with Crippen LogP contribution in [0.4, 0.5) is 29.6 Å². The molecule has 0 bridgehead atoms. The predicted molar refractivity (Wildman–Crippen MR) is 110 cm³/mol. The third kappa shape index (κ3) is 4.33. The molecule has 0 unspecified atom stereocenters. The van der Waals surface area contributed by atoms with Crippen molar-refractivity contribution in [2.24, 2.45) is 0 Å². The lowest BCUT2D eigenvalue weighted by atomic mass is 10.2. The minimum absolute atomic E-state index is 0.0317. The van der Waals surface area contributed by atoms with E-state index in [1.165, 1.54) is 35.3 Å². The molecule has 2 aromatic carbocycles. The summed E-state index contributed by atoms with van der Waals surface area (Å²) >= 11 is 0. The van der Waals surface area contributed by atoms with Crippen LogP contribution in [0.1, 0.15) is 16.7 Å². The Balaban J connectivity index is 1.67. The van der Waals surface area contributed by atoms with Gasteiger partial charge in [0.15, 0.2) is 0 Å². The first-order chi connectivity index (χ1) is 14.8. The van der Waals surface area contributed by atoms with Gasteiger partial charge in [0.2, 0.25) is 5.95 Å². The molecule has 0 aliphatic heterocycles. The van der Waals surface area contributed by atoms with Crippen LogP contribution in [0.2, 0.25) is 0 Å². The van der Waals surface area contributed by atoms with Gasteiger partial charge in [-0.15, -0.1) is 0 Å². The molecule has 0 aliphatic carbocycles. The van der Waals surface area contributed by atoms with Crippen molar-refractivity contribution in [3.63, 3.8) is 0 Å². The fourth-order valence-electron chi connectivity index (χ4n) is 2.95. The van der Waals surface area contributed by atoms with Crippen LogP contribution >= 0.6 is 0 Å². The van der Waals surface area contributed by atoms with Gasteiger partial charge in [-0.3, -0.25) is 4.57 Å². The number of carbonyl (C=O) groups excluding carboxylic acids is 1. The number of nitrogen functional groups attached to an aromatic ring is 1. The fraction of sp³-hybridized carbons (Fsp3) is 0.0455. The summed E-state index contributed by atoms with van der Waals surface area (Å²) in [6.07, 6.45) is -0.0159. The number of hydrogen-bond acceptors (Lipinski definition) is 4. The highest BCUT2D eigenvalue weighted by atomic mass is 19.4. The van der Waals surface area contributed by atoms with Crippen LogP contribution in [-0.2, 0) is 6.18 Å². The molecule has 4 rings (SSSR count). The van der Waals surface area contributed by atoms with Crippen LogP contribution in [0, 0.1) is 11.8 Å². The molecule has 9 heteroatoms. The first-order valence-corrected chi connectivity index (χ1v) is 8.99. The molecule has 2 aromatic heterocycles. The van der Waals surface area contributed by atoms with E-state index in [0.717, 1.165) is 12.1 Å². The highest BCUT2D eigenvalue weighted by Crippen LogP contribution is 2.31. The molecule has 2 heterocycles. The number of nitrogens with zero attached hydrogens (tertiary/aromatic N) is 3. The highest BCUT2D eigenvalue weighted by Gasteiger charge is 2.30. The van der Waals surface area contributed by atoms with E-state index < -0.39 is 17.8 Å². The van der Waals surface area contributed by atoms with Gasteiger partial charge in [-0.2, -0.15) is 13.2 Å². The molecular weight excluding hydrogens is 407 g/mol. The summed E-state index contributed by atoms with van der Waals surface area (Å²) < 4.78 is 40.1. The lowest BCUT2D eigenvalue weighted by molar-refractivity contribution is -0.137. The van der Waals surface area contributed by atoms with E-state index in [0.29, 0.717) is 22.0 Å². The van der Waals surface area contributed by atoms with Crippen molar-refractivity contribution in [2.45, 2.75) is 6.18 Å². The Hall–Kier alpha value is -4.32. The Kier molecular flexibility index (Phi) is 5.05. The van der Waals surface area contributed by atoms with Crippen molar-refractivity contribution in [1.29, 1.82) is 0 Å². The van der Waals surface area contributed by atoms with Gasteiger partial charge in [-0.25, -0.2) is 14.8 Å². The third-order valence-corrected chi connectivity index (χ3v) is 4.39. The minimum atomic E-state index is -4.50. The van der Waals surface area contributed by atoms with Gasteiger partial charge in [0.05, 0.1) is 22.2 Å². The van der Waals surface area contributed by atoms with Gasteiger partial charge in [0.1, 0.15) is 0 Å². The lowest BCUT2D eigenvalue weighted by Gasteiger charge is -2.10. The van der Waals surface area contributed by atoms with Gasteiger partial charge < -0.3 is 11.1 Å². The third-order valence-electron chi connectivity index (χ3n) is 4.39. The van der Waals surface area contributed by atoms with Crippen LogP contribution in [-0.4, -0.2) is 20.6 Å². The van der Waals surface area contributed by atoms with Gasteiger partial charge in [0, 0.05) is 29.7 Å². The maximum atomic E-state index is 12.9. The summed E-state index contributed by atoms with van der Waals surface area (Å²) in [6.45, 7) is 0. The maximum Gasteiger partial charge on any atom is 0.416 e. The van der Waals surface area contributed by atoms with Crippen molar-refractivity contribution in [3.8, 4) is 11.8 Å². The average Bonchev–Trinajstić information content (AvgIpc) is 3.12. The van der Waals surface area contributed by atoms with Gasteiger partial charge in [-0.1, -0.05) is 36.1 Å². The number of benzene rings is 2. The van der Waals surface area contributed by atoms with Crippen molar-refractivity contribution in [3.05, 3.63) is 83.8 Å². The van der Waals surface area contributed by atoms with E-state index in [1.54, 1.807) is 24.3 Å². The maximum absolute atomic E-state index is 12.9. The molecule has 0 aliphatic rings. The Bertz CT molecular complexity index is 1330. The largest absolute Gasteiger partial charge is 0.416 e.